The van der Waals surface area contributed by atoms with Crippen LogP contribution in [0.4, 0.5) is 4.39 Å². The number of hydrogen-bond donors (Lipinski definition) is 3. The van der Waals surface area contributed by atoms with Gasteiger partial charge in [0.15, 0.2) is 0 Å². The number of nitrogen functional groups attached to an aromatic ring is 1. The van der Waals surface area contributed by atoms with Gasteiger partial charge < -0.3 is 15.6 Å². The van der Waals surface area contributed by atoms with Gasteiger partial charge in [0.1, 0.15) is 11.7 Å². The molecule has 0 bridgehead atoms. The van der Waals surface area contributed by atoms with Gasteiger partial charge >= 0.3 is 0 Å². The summed E-state index contributed by atoms with van der Waals surface area (Å²) in [4.78, 5) is 2.13. The van der Waals surface area contributed by atoms with E-state index in [1.807, 2.05) is 6.92 Å². The molecule has 110 valence electrons. The zero-order valence-corrected chi connectivity index (χ0v) is 11.5. The molecule has 1 aromatic carbocycles. The molecule has 0 aliphatic carbocycles. The minimum absolute atomic E-state index is 0.0228. The molecule has 0 spiro atoms. The lowest BCUT2D eigenvalue weighted by Gasteiger charge is -2.37. The quantitative estimate of drug-likeness (QED) is 0.560. The maximum absolute atomic E-state index is 13.5. The lowest BCUT2D eigenvalue weighted by Crippen LogP contribution is -2.48. The zero-order chi connectivity index (χ0) is 14.7. The second-order valence-electron chi connectivity index (χ2n) is 5.18. The Morgan fingerprint density at radius 2 is 2.30 bits per heavy atom. The molecule has 1 aliphatic rings. The van der Waals surface area contributed by atoms with E-state index in [1.165, 1.54) is 12.1 Å². The van der Waals surface area contributed by atoms with Crippen LogP contribution in [-0.2, 0) is 11.3 Å². The number of nitrogens with zero attached hydrogens (tertiary/aromatic N) is 1. The number of ether oxygens (including phenoxy) is 1. The van der Waals surface area contributed by atoms with Crippen LogP contribution < -0.4 is 5.73 Å². The first-order valence-electron chi connectivity index (χ1n) is 6.60. The molecule has 1 saturated heterocycles. The number of morpholine rings is 1. The van der Waals surface area contributed by atoms with Gasteiger partial charge in [-0.2, -0.15) is 0 Å². The molecule has 0 aromatic heterocycles. The molecule has 6 heteroatoms. The van der Waals surface area contributed by atoms with Crippen LogP contribution in [0.3, 0.4) is 0 Å². The van der Waals surface area contributed by atoms with E-state index in [2.05, 4.69) is 4.90 Å². The fourth-order valence-corrected chi connectivity index (χ4v) is 2.34. The number of nitrogens with two attached hydrogens (primary N) is 1. The van der Waals surface area contributed by atoms with Gasteiger partial charge in [-0.3, -0.25) is 10.3 Å². The number of halogens is 1. The van der Waals surface area contributed by atoms with Crippen molar-refractivity contribution in [2.45, 2.75) is 25.6 Å². The van der Waals surface area contributed by atoms with Gasteiger partial charge in [-0.1, -0.05) is 0 Å². The average molecular weight is 281 g/mol. The van der Waals surface area contributed by atoms with E-state index in [-0.39, 0.29) is 24.6 Å². The molecule has 0 amide bonds. The Balaban J connectivity index is 2.14. The third-order valence-electron chi connectivity index (χ3n) is 3.49. The van der Waals surface area contributed by atoms with Gasteiger partial charge in [-0.25, -0.2) is 4.39 Å². The monoisotopic (exact) mass is 281 g/mol. The number of aliphatic hydroxyl groups is 1. The maximum atomic E-state index is 13.5. The molecular weight excluding hydrogens is 261 g/mol. The van der Waals surface area contributed by atoms with E-state index in [4.69, 9.17) is 21.0 Å². The molecular formula is C14H20FN3O2. The molecule has 0 radical (unpaired) electrons. The van der Waals surface area contributed by atoms with E-state index in [9.17, 15) is 4.39 Å². The molecule has 1 aliphatic heterocycles. The molecule has 5 nitrogen and oxygen atoms in total. The SMILES string of the molecule is CC1COC(CO)CN1Cc1cc(F)cc(C(=N)N)c1. The molecule has 20 heavy (non-hydrogen) atoms. The van der Waals surface area contributed by atoms with Crippen molar-refractivity contribution in [2.24, 2.45) is 5.73 Å². The third kappa shape index (κ3) is 3.53. The number of aliphatic hydroxyl groups excluding tert-OH is 1. The summed E-state index contributed by atoms with van der Waals surface area (Å²) in [7, 11) is 0. The van der Waals surface area contributed by atoms with Crippen molar-refractivity contribution in [2.75, 3.05) is 19.8 Å². The van der Waals surface area contributed by atoms with E-state index < -0.39 is 5.82 Å². The minimum atomic E-state index is -0.396. The van der Waals surface area contributed by atoms with E-state index in [1.54, 1.807) is 6.07 Å². The average Bonchev–Trinajstić information content (AvgIpc) is 2.40. The lowest BCUT2D eigenvalue weighted by atomic mass is 10.1. The lowest BCUT2D eigenvalue weighted by molar-refractivity contribution is -0.0805. The summed E-state index contributed by atoms with van der Waals surface area (Å²) in [5.74, 6) is -0.540. The fraction of sp³-hybridized carbons (Fsp3) is 0.500. The molecule has 0 saturated carbocycles. The first-order valence-corrected chi connectivity index (χ1v) is 6.60. The molecule has 2 unspecified atom stereocenters. The molecule has 2 atom stereocenters. The molecule has 1 heterocycles. The van der Waals surface area contributed by atoms with Crippen molar-refractivity contribution in [3.8, 4) is 0 Å². The summed E-state index contributed by atoms with van der Waals surface area (Å²) >= 11 is 0. The summed E-state index contributed by atoms with van der Waals surface area (Å²) in [6, 6.07) is 4.62. The van der Waals surface area contributed by atoms with E-state index >= 15 is 0 Å². The molecule has 2 rings (SSSR count). The van der Waals surface area contributed by atoms with Crippen molar-refractivity contribution in [3.05, 3.63) is 35.1 Å². The van der Waals surface area contributed by atoms with Gasteiger partial charge in [0.2, 0.25) is 0 Å². The summed E-state index contributed by atoms with van der Waals surface area (Å²) in [6.07, 6.45) is -0.202. The van der Waals surface area contributed by atoms with Crippen LogP contribution in [0, 0.1) is 11.2 Å². The zero-order valence-electron chi connectivity index (χ0n) is 11.5. The van der Waals surface area contributed by atoms with Crippen LogP contribution in [0.5, 0.6) is 0 Å². The molecule has 1 aromatic rings. The Morgan fingerprint density at radius 3 is 2.95 bits per heavy atom. The topological polar surface area (TPSA) is 82.6 Å². The first-order chi connectivity index (χ1) is 9.49. The highest BCUT2D eigenvalue weighted by molar-refractivity contribution is 5.95. The van der Waals surface area contributed by atoms with Crippen LogP contribution >= 0.6 is 0 Å². The van der Waals surface area contributed by atoms with Gasteiger partial charge in [-0.15, -0.1) is 0 Å². The number of hydrogen-bond acceptors (Lipinski definition) is 4. The van der Waals surface area contributed by atoms with Crippen LogP contribution in [-0.4, -0.2) is 47.7 Å². The highest BCUT2D eigenvalue weighted by Crippen LogP contribution is 2.17. The molecule has 4 N–H and O–H groups in total. The van der Waals surface area contributed by atoms with Crippen molar-refractivity contribution in [1.82, 2.24) is 4.90 Å². The summed E-state index contributed by atoms with van der Waals surface area (Å²) in [5.41, 5.74) is 6.56. The standard InChI is InChI=1S/C14H20FN3O2/c1-9-8-20-13(7-19)6-18(9)5-10-2-11(14(16)17)4-12(15)3-10/h2-4,9,13,19H,5-8H2,1H3,(H3,16,17). The van der Waals surface area contributed by atoms with E-state index in [0.29, 0.717) is 25.3 Å². The number of amidine groups is 1. The molecule has 1 fully saturated rings. The summed E-state index contributed by atoms with van der Waals surface area (Å²) < 4.78 is 19.0. The highest BCUT2D eigenvalue weighted by Gasteiger charge is 2.25. The van der Waals surface area contributed by atoms with Crippen molar-refractivity contribution in [3.63, 3.8) is 0 Å². The minimum Gasteiger partial charge on any atom is -0.394 e. The van der Waals surface area contributed by atoms with Crippen LogP contribution in [0.25, 0.3) is 0 Å². The largest absolute Gasteiger partial charge is 0.394 e. The fourth-order valence-electron chi connectivity index (χ4n) is 2.34. The van der Waals surface area contributed by atoms with Gasteiger partial charge in [-0.05, 0) is 30.7 Å². The van der Waals surface area contributed by atoms with Crippen LogP contribution in [0.15, 0.2) is 18.2 Å². The number of benzene rings is 1. The maximum Gasteiger partial charge on any atom is 0.124 e. The Kier molecular flexibility index (Phi) is 4.69. The number of nitrogens with one attached hydrogen (secondary N) is 1. The number of rotatable bonds is 4. The van der Waals surface area contributed by atoms with Gasteiger partial charge in [0.05, 0.1) is 19.3 Å². The Hall–Kier alpha value is -1.50. The summed E-state index contributed by atoms with van der Waals surface area (Å²) in [6.45, 7) is 3.69. The predicted octanol–water partition coefficient (Wildman–Crippen LogP) is 0.691. The van der Waals surface area contributed by atoms with Gasteiger partial charge in [0, 0.05) is 24.7 Å². The van der Waals surface area contributed by atoms with Crippen molar-refractivity contribution in [1.29, 1.82) is 5.41 Å². The Bertz CT molecular complexity index is 495. The highest BCUT2D eigenvalue weighted by atomic mass is 19.1. The van der Waals surface area contributed by atoms with E-state index in [0.717, 1.165) is 5.56 Å². The Labute approximate surface area is 117 Å². The third-order valence-corrected chi connectivity index (χ3v) is 3.49. The smallest absolute Gasteiger partial charge is 0.124 e. The van der Waals surface area contributed by atoms with Crippen LogP contribution in [0.1, 0.15) is 18.1 Å². The second kappa shape index (κ2) is 6.30. The van der Waals surface area contributed by atoms with Crippen LogP contribution in [0.2, 0.25) is 0 Å². The van der Waals surface area contributed by atoms with Crippen molar-refractivity contribution >= 4 is 5.84 Å². The Morgan fingerprint density at radius 1 is 1.55 bits per heavy atom. The second-order valence-corrected chi connectivity index (χ2v) is 5.18. The van der Waals surface area contributed by atoms with Crippen molar-refractivity contribution < 1.29 is 14.2 Å². The summed E-state index contributed by atoms with van der Waals surface area (Å²) in [5, 5.41) is 16.6. The van der Waals surface area contributed by atoms with Gasteiger partial charge in [0.25, 0.3) is 0 Å². The first kappa shape index (κ1) is 14.9. The normalized spacial score (nSPS) is 23.8. The predicted molar refractivity (Wildman–Crippen MR) is 74.1 cm³/mol.